The Morgan fingerprint density at radius 2 is 1.94 bits per heavy atom. The molecular weight excluding hydrogens is 262 g/mol. The van der Waals surface area contributed by atoms with Gasteiger partial charge in [0.25, 0.3) is 10.0 Å². The topological polar surface area (TPSA) is 75.8 Å². The molecule has 0 radical (unpaired) electrons. The molecule has 0 spiro atoms. The van der Waals surface area contributed by atoms with E-state index in [1.165, 1.54) is 11.1 Å². The zero-order chi connectivity index (χ0) is 12.8. The van der Waals surface area contributed by atoms with E-state index in [0.717, 1.165) is 0 Å². The van der Waals surface area contributed by atoms with E-state index in [1.807, 2.05) is 0 Å². The molecule has 2 rings (SSSR count). The fraction of sp³-hybridized carbons (Fsp3) is 0.300. The number of para-hydroxylation sites is 1. The van der Waals surface area contributed by atoms with E-state index in [0.29, 0.717) is 5.69 Å². The molecule has 1 aliphatic rings. The van der Waals surface area contributed by atoms with Gasteiger partial charge in [-0.1, -0.05) is 12.1 Å². The lowest BCUT2D eigenvalue weighted by Gasteiger charge is -2.31. The maximum absolute atomic E-state index is 11.9. The minimum absolute atomic E-state index is 0.0900. The Hall–Kier alpha value is -1.11. The van der Waals surface area contributed by atoms with Crippen LogP contribution in [0.4, 0.5) is 5.69 Å². The van der Waals surface area contributed by atoms with E-state index in [9.17, 15) is 8.42 Å². The first-order valence-corrected chi connectivity index (χ1v) is 6.73. The lowest BCUT2D eigenvalue weighted by Crippen LogP contribution is -2.49. The first-order chi connectivity index (χ1) is 7.73. The number of benzene rings is 1. The number of fused-ring (bicyclic) bond motifs is 1. The normalized spacial score (nSPS) is 18.6. The van der Waals surface area contributed by atoms with Gasteiger partial charge >= 0.3 is 0 Å². The monoisotopic (exact) mass is 273 g/mol. The quantitative estimate of drug-likeness (QED) is 0.621. The molecule has 1 aromatic rings. The largest absolute Gasteiger partial charge is 0.286 e. The Morgan fingerprint density at radius 1 is 1.35 bits per heavy atom. The number of rotatable bonds is 1. The molecule has 0 saturated carbocycles. The summed E-state index contributed by atoms with van der Waals surface area (Å²) in [7, 11) is -3.73. The van der Waals surface area contributed by atoms with E-state index in [4.69, 9.17) is 17.4 Å². The molecule has 7 heteroatoms. The minimum atomic E-state index is -3.73. The molecule has 0 amide bonds. The van der Waals surface area contributed by atoms with Gasteiger partial charge in [0.15, 0.2) is 5.84 Å². The summed E-state index contributed by atoms with van der Waals surface area (Å²) in [6, 6.07) is 6.41. The molecule has 1 aliphatic heterocycles. The van der Waals surface area contributed by atoms with Crippen molar-refractivity contribution in [1.82, 2.24) is 0 Å². The highest BCUT2D eigenvalue weighted by molar-refractivity contribution is 7.90. The van der Waals surface area contributed by atoms with Gasteiger partial charge in [-0.15, -0.1) is 16.0 Å². The molecule has 5 nitrogen and oxygen atoms in total. The van der Waals surface area contributed by atoms with Crippen LogP contribution in [0.2, 0.25) is 0 Å². The molecule has 1 aromatic carbocycles. The molecule has 92 valence electrons. The standard InChI is InChI=1S/C10H12ClN3O2S/c1-10(2,11)9-13-17(15,16)8-6-4-3-5-7(8)14(9)12/h3-6H,12H2,1-2H3. The number of nitrogens with two attached hydrogens (primary N) is 1. The van der Waals surface area contributed by atoms with Crippen LogP contribution in [0, 0.1) is 0 Å². The van der Waals surface area contributed by atoms with Crippen LogP contribution in [0.5, 0.6) is 0 Å². The van der Waals surface area contributed by atoms with Gasteiger partial charge in [-0.2, -0.15) is 8.42 Å². The van der Waals surface area contributed by atoms with Crippen molar-refractivity contribution < 1.29 is 8.42 Å². The second-order valence-electron chi connectivity index (χ2n) is 4.20. The van der Waals surface area contributed by atoms with Gasteiger partial charge in [0.05, 0.1) is 10.6 Å². The Balaban J connectivity index is 2.71. The molecule has 2 N–H and O–H groups in total. The first kappa shape index (κ1) is 12.3. The second-order valence-corrected chi connectivity index (χ2v) is 6.72. The number of alkyl halides is 1. The maximum atomic E-state index is 11.9. The van der Waals surface area contributed by atoms with Crippen LogP contribution in [0.1, 0.15) is 13.8 Å². The van der Waals surface area contributed by atoms with Crippen molar-refractivity contribution in [2.75, 3.05) is 5.01 Å². The minimum Gasteiger partial charge on any atom is -0.262 e. The van der Waals surface area contributed by atoms with Crippen LogP contribution in [0.15, 0.2) is 33.6 Å². The Labute approximate surface area is 105 Å². The summed E-state index contributed by atoms with van der Waals surface area (Å²) in [5.41, 5.74) is 0.381. The fourth-order valence-electron chi connectivity index (χ4n) is 1.59. The average molecular weight is 274 g/mol. The molecule has 0 aromatic heterocycles. The van der Waals surface area contributed by atoms with E-state index in [1.54, 1.807) is 32.0 Å². The molecule has 0 unspecified atom stereocenters. The maximum Gasteiger partial charge on any atom is 0.286 e. The molecule has 0 bridgehead atoms. The molecule has 0 atom stereocenters. The van der Waals surface area contributed by atoms with Gasteiger partial charge in [-0.25, -0.2) is 5.84 Å². The van der Waals surface area contributed by atoms with Crippen LogP contribution in [0.25, 0.3) is 0 Å². The molecule has 0 fully saturated rings. The van der Waals surface area contributed by atoms with Gasteiger partial charge in [0.2, 0.25) is 0 Å². The zero-order valence-corrected chi connectivity index (χ0v) is 11.0. The highest BCUT2D eigenvalue weighted by atomic mass is 35.5. The average Bonchev–Trinajstić information content (AvgIpc) is 2.22. The number of halogens is 1. The van der Waals surface area contributed by atoms with E-state index >= 15 is 0 Å². The SMILES string of the molecule is CC(C)(Cl)C1=NS(=O)(=O)c2ccccc2N1N. The van der Waals surface area contributed by atoms with Crippen molar-refractivity contribution in [2.24, 2.45) is 10.2 Å². The second kappa shape index (κ2) is 3.69. The van der Waals surface area contributed by atoms with Crippen molar-refractivity contribution in [3.05, 3.63) is 24.3 Å². The van der Waals surface area contributed by atoms with Crippen LogP contribution < -0.4 is 10.9 Å². The predicted octanol–water partition coefficient (Wildman–Crippen LogP) is 1.48. The number of hydrogen-bond acceptors (Lipinski definition) is 4. The first-order valence-electron chi connectivity index (χ1n) is 4.92. The third-order valence-electron chi connectivity index (χ3n) is 2.37. The van der Waals surface area contributed by atoms with E-state index < -0.39 is 14.9 Å². The number of sulfonamides is 1. The van der Waals surface area contributed by atoms with Crippen molar-refractivity contribution in [1.29, 1.82) is 0 Å². The zero-order valence-electron chi connectivity index (χ0n) is 9.38. The predicted molar refractivity (Wildman–Crippen MR) is 67.7 cm³/mol. The summed E-state index contributed by atoms with van der Waals surface area (Å²) in [4.78, 5) is -0.873. The Bertz CT molecular complexity index is 590. The Morgan fingerprint density at radius 3 is 2.53 bits per heavy atom. The van der Waals surface area contributed by atoms with Gasteiger partial charge in [-0.3, -0.25) is 5.01 Å². The number of amidine groups is 1. The van der Waals surface area contributed by atoms with Gasteiger partial charge in [-0.05, 0) is 26.0 Å². The lowest BCUT2D eigenvalue weighted by atomic mass is 10.1. The Kier molecular flexibility index (Phi) is 2.68. The highest BCUT2D eigenvalue weighted by Crippen LogP contribution is 2.33. The smallest absolute Gasteiger partial charge is 0.262 e. The summed E-state index contributed by atoms with van der Waals surface area (Å²) in [5.74, 6) is 5.96. The molecule has 17 heavy (non-hydrogen) atoms. The van der Waals surface area contributed by atoms with Crippen LogP contribution in [0.3, 0.4) is 0 Å². The molecule has 0 aliphatic carbocycles. The van der Waals surface area contributed by atoms with Crippen molar-refractivity contribution in [2.45, 2.75) is 23.6 Å². The summed E-state index contributed by atoms with van der Waals surface area (Å²) < 4.78 is 27.6. The number of anilines is 1. The van der Waals surface area contributed by atoms with Crippen LogP contribution >= 0.6 is 11.6 Å². The number of hydrazine groups is 1. The van der Waals surface area contributed by atoms with Gasteiger partial charge < -0.3 is 0 Å². The highest BCUT2D eigenvalue weighted by Gasteiger charge is 2.36. The van der Waals surface area contributed by atoms with Crippen LogP contribution in [-0.4, -0.2) is 19.1 Å². The van der Waals surface area contributed by atoms with Gasteiger partial charge in [0.1, 0.15) is 4.90 Å². The van der Waals surface area contributed by atoms with Crippen molar-refractivity contribution >= 4 is 33.1 Å². The summed E-state index contributed by atoms with van der Waals surface area (Å²) in [5, 5.41) is 1.21. The summed E-state index contributed by atoms with van der Waals surface area (Å²) in [6.07, 6.45) is 0. The number of hydrogen-bond donors (Lipinski definition) is 1. The number of nitrogens with zero attached hydrogens (tertiary/aromatic N) is 2. The fourth-order valence-corrected chi connectivity index (χ4v) is 3.10. The van der Waals surface area contributed by atoms with Gasteiger partial charge in [0, 0.05) is 0 Å². The van der Waals surface area contributed by atoms with E-state index in [2.05, 4.69) is 4.40 Å². The summed E-state index contributed by atoms with van der Waals surface area (Å²) >= 11 is 6.08. The molecule has 1 heterocycles. The van der Waals surface area contributed by atoms with E-state index in [-0.39, 0.29) is 10.7 Å². The molecule has 0 saturated heterocycles. The van der Waals surface area contributed by atoms with Crippen LogP contribution in [-0.2, 0) is 10.0 Å². The third-order valence-corrected chi connectivity index (χ3v) is 3.85. The lowest BCUT2D eigenvalue weighted by molar-refractivity contribution is 0.596. The third kappa shape index (κ3) is 2.03. The summed E-state index contributed by atoms with van der Waals surface area (Å²) in [6.45, 7) is 3.27. The van der Waals surface area contributed by atoms with Crippen molar-refractivity contribution in [3.63, 3.8) is 0 Å². The van der Waals surface area contributed by atoms with Crippen molar-refractivity contribution in [3.8, 4) is 0 Å². The molecular formula is C10H12ClN3O2S.